The Kier molecular flexibility index (Phi) is 4.79. The maximum Gasteiger partial charge on any atom is 0.330 e. The number of pyridine rings is 1. The van der Waals surface area contributed by atoms with Crippen molar-refractivity contribution >= 4 is 28.3 Å². The van der Waals surface area contributed by atoms with Crippen LogP contribution in [0.1, 0.15) is 40.4 Å². The standard InChI is InChI=1S/C26H23N5O3/c32-24(18-13-20-23(27-14-18)31(19-9-10-19)26(34)29-25(20)33)28-21-7-3-1-6-17(21)15-30-12-11-16-5-2-4-8-22(16)30/h1-8,13-14,19H,9-12,15H2,(H,28,32)(H,29,33,34). The second kappa shape index (κ2) is 7.98. The number of hydrogen-bond acceptors (Lipinski definition) is 5. The van der Waals surface area contributed by atoms with Crippen molar-refractivity contribution in [3.05, 3.63) is 98.3 Å². The number of carbonyl (C=O) groups is 1. The molecule has 2 aromatic carbocycles. The van der Waals surface area contributed by atoms with Crippen molar-refractivity contribution in [3.63, 3.8) is 0 Å². The molecule has 8 heteroatoms. The number of amides is 1. The lowest BCUT2D eigenvalue weighted by molar-refractivity contribution is 0.102. The van der Waals surface area contributed by atoms with Gasteiger partial charge in [-0.2, -0.15) is 0 Å². The van der Waals surface area contributed by atoms with E-state index in [1.165, 1.54) is 28.1 Å². The van der Waals surface area contributed by atoms with Crippen molar-refractivity contribution in [2.75, 3.05) is 16.8 Å². The van der Waals surface area contributed by atoms with Crippen LogP contribution in [0.4, 0.5) is 11.4 Å². The summed E-state index contributed by atoms with van der Waals surface area (Å²) in [5, 5.41) is 3.22. The first-order chi connectivity index (χ1) is 16.6. The van der Waals surface area contributed by atoms with Crippen molar-refractivity contribution in [2.24, 2.45) is 0 Å². The van der Waals surface area contributed by atoms with Crippen molar-refractivity contribution in [1.29, 1.82) is 0 Å². The van der Waals surface area contributed by atoms with Crippen molar-refractivity contribution in [2.45, 2.75) is 31.8 Å². The number of nitrogens with one attached hydrogen (secondary N) is 2. The molecule has 0 spiro atoms. The fourth-order valence-corrected chi connectivity index (χ4v) is 4.68. The number of aromatic nitrogens is 3. The van der Waals surface area contributed by atoms with Gasteiger partial charge < -0.3 is 10.2 Å². The monoisotopic (exact) mass is 453 g/mol. The average molecular weight is 454 g/mol. The van der Waals surface area contributed by atoms with Gasteiger partial charge in [0.2, 0.25) is 0 Å². The zero-order valence-corrected chi connectivity index (χ0v) is 18.5. The summed E-state index contributed by atoms with van der Waals surface area (Å²) in [6.45, 7) is 1.61. The summed E-state index contributed by atoms with van der Waals surface area (Å²) < 4.78 is 1.52. The number of para-hydroxylation sites is 2. The van der Waals surface area contributed by atoms with Gasteiger partial charge in [0, 0.05) is 36.7 Å². The van der Waals surface area contributed by atoms with E-state index in [4.69, 9.17) is 0 Å². The summed E-state index contributed by atoms with van der Waals surface area (Å²) in [4.78, 5) is 46.8. The molecule has 0 saturated heterocycles. The van der Waals surface area contributed by atoms with Crippen LogP contribution in [-0.4, -0.2) is 27.0 Å². The summed E-state index contributed by atoms with van der Waals surface area (Å²) >= 11 is 0. The smallest absolute Gasteiger partial charge is 0.330 e. The topological polar surface area (TPSA) is 100 Å². The Balaban J connectivity index is 1.29. The van der Waals surface area contributed by atoms with E-state index in [0.717, 1.165) is 31.4 Å². The van der Waals surface area contributed by atoms with Crippen LogP contribution in [0.15, 0.2) is 70.4 Å². The number of H-pyrrole nitrogens is 1. The van der Waals surface area contributed by atoms with Crippen LogP contribution in [0, 0.1) is 0 Å². The van der Waals surface area contributed by atoms with Gasteiger partial charge in [-0.1, -0.05) is 36.4 Å². The van der Waals surface area contributed by atoms with E-state index in [9.17, 15) is 14.4 Å². The normalized spacial score (nSPS) is 14.9. The van der Waals surface area contributed by atoms with Gasteiger partial charge in [-0.25, -0.2) is 9.78 Å². The molecule has 6 rings (SSSR count). The molecular weight excluding hydrogens is 430 g/mol. The Morgan fingerprint density at radius 3 is 2.74 bits per heavy atom. The molecular formula is C26H23N5O3. The maximum absolute atomic E-state index is 13.1. The van der Waals surface area contributed by atoms with E-state index >= 15 is 0 Å². The third kappa shape index (κ3) is 3.57. The Labute approximate surface area is 194 Å². The molecule has 2 aromatic heterocycles. The van der Waals surface area contributed by atoms with Gasteiger partial charge in [0.1, 0.15) is 5.65 Å². The average Bonchev–Trinajstić information content (AvgIpc) is 3.60. The Hall–Kier alpha value is -4.20. The van der Waals surface area contributed by atoms with Gasteiger partial charge in [0.15, 0.2) is 0 Å². The van der Waals surface area contributed by atoms with Gasteiger partial charge >= 0.3 is 5.69 Å². The van der Waals surface area contributed by atoms with Gasteiger partial charge in [0.05, 0.1) is 10.9 Å². The number of aromatic amines is 1. The van der Waals surface area contributed by atoms with Crippen molar-refractivity contribution in [3.8, 4) is 0 Å². The third-order valence-corrected chi connectivity index (χ3v) is 6.56. The van der Waals surface area contributed by atoms with E-state index in [1.807, 2.05) is 30.3 Å². The van der Waals surface area contributed by atoms with Crippen molar-refractivity contribution < 1.29 is 4.79 Å². The molecule has 1 saturated carbocycles. The minimum Gasteiger partial charge on any atom is -0.367 e. The molecule has 0 atom stereocenters. The molecule has 4 aromatic rings. The lowest BCUT2D eigenvalue weighted by Gasteiger charge is -2.21. The van der Waals surface area contributed by atoms with E-state index in [2.05, 4.69) is 38.4 Å². The van der Waals surface area contributed by atoms with E-state index < -0.39 is 11.2 Å². The SMILES string of the molecule is O=C(Nc1ccccc1CN1CCc2ccccc21)c1cnc2c(c1)c(=O)[nH]c(=O)n2C1CC1. The molecule has 2 N–H and O–H groups in total. The Bertz CT molecular complexity index is 1550. The molecule has 1 fully saturated rings. The second-order valence-electron chi connectivity index (χ2n) is 8.87. The summed E-state index contributed by atoms with van der Waals surface area (Å²) in [5.41, 5.74) is 3.87. The first-order valence-electron chi connectivity index (χ1n) is 11.4. The highest BCUT2D eigenvalue weighted by atomic mass is 16.2. The highest BCUT2D eigenvalue weighted by Gasteiger charge is 2.28. The predicted molar refractivity (Wildman–Crippen MR) is 130 cm³/mol. The number of nitrogens with zero attached hydrogens (tertiary/aromatic N) is 3. The fourth-order valence-electron chi connectivity index (χ4n) is 4.68. The van der Waals surface area contributed by atoms with E-state index in [0.29, 0.717) is 17.9 Å². The highest BCUT2D eigenvalue weighted by Crippen LogP contribution is 2.35. The summed E-state index contributed by atoms with van der Waals surface area (Å²) in [5.74, 6) is -0.354. The first-order valence-corrected chi connectivity index (χ1v) is 11.4. The Morgan fingerprint density at radius 1 is 1.09 bits per heavy atom. The van der Waals surface area contributed by atoms with Crippen LogP contribution >= 0.6 is 0 Å². The molecule has 170 valence electrons. The summed E-state index contributed by atoms with van der Waals surface area (Å²) in [7, 11) is 0. The largest absolute Gasteiger partial charge is 0.367 e. The fraction of sp³-hybridized carbons (Fsp3) is 0.231. The molecule has 1 aliphatic carbocycles. The van der Waals surface area contributed by atoms with Crippen molar-refractivity contribution in [1.82, 2.24) is 14.5 Å². The number of fused-ring (bicyclic) bond motifs is 2. The summed E-state index contributed by atoms with van der Waals surface area (Å²) in [6, 6.07) is 17.7. The van der Waals surface area contributed by atoms with Crippen LogP contribution in [0.5, 0.6) is 0 Å². The zero-order chi connectivity index (χ0) is 23.2. The van der Waals surface area contributed by atoms with Gasteiger partial charge in [-0.15, -0.1) is 0 Å². The maximum atomic E-state index is 13.1. The molecule has 34 heavy (non-hydrogen) atoms. The zero-order valence-electron chi connectivity index (χ0n) is 18.5. The van der Waals surface area contributed by atoms with Crippen LogP contribution in [0.25, 0.3) is 11.0 Å². The predicted octanol–water partition coefficient (Wildman–Crippen LogP) is 3.23. The molecule has 1 amide bonds. The second-order valence-corrected chi connectivity index (χ2v) is 8.87. The number of carbonyl (C=O) groups excluding carboxylic acids is 1. The van der Waals surface area contributed by atoms with Gasteiger partial charge in [0.25, 0.3) is 11.5 Å². The summed E-state index contributed by atoms with van der Waals surface area (Å²) in [6.07, 6.45) is 4.19. The van der Waals surface area contributed by atoms with Crippen LogP contribution in [0.3, 0.4) is 0 Å². The van der Waals surface area contributed by atoms with E-state index in [1.54, 1.807) is 0 Å². The number of benzene rings is 2. The van der Waals surface area contributed by atoms with Crippen LogP contribution in [0.2, 0.25) is 0 Å². The van der Waals surface area contributed by atoms with Gasteiger partial charge in [-0.05, 0) is 48.6 Å². The molecule has 3 heterocycles. The van der Waals surface area contributed by atoms with E-state index in [-0.39, 0.29) is 22.9 Å². The highest BCUT2D eigenvalue weighted by molar-refractivity contribution is 6.06. The minimum absolute atomic E-state index is 0.0571. The third-order valence-electron chi connectivity index (χ3n) is 6.56. The molecule has 0 unspecified atom stereocenters. The van der Waals surface area contributed by atoms with Crippen LogP contribution < -0.4 is 21.5 Å². The van der Waals surface area contributed by atoms with Gasteiger partial charge in [-0.3, -0.25) is 19.1 Å². The molecule has 0 radical (unpaired) electrons. The molecule has 8 nitrogen and oxygen atoms in total. The number of rotatable bonds is 5. The lowest BCUT2D eigenvalue weighted by atomic mass is 10.1. The molecule has 1 aliphatic heterocycles. The van der Waals surface area contributed by atoms with Crippen LogP contribution in [-0.2, 0) is 13.0 Å². The lowest BCUT2D eigenvalue weighted by Crippen LogP contribution is -2.30. The number of hydrogen-bond donors (Lipinski definition) is 2. The molecule has 2 aliphatic rings. The quantitative estimate of drug-likeness (QED) is 0.483. The Morgan fingerprint density at radius 2 is 1.88 bits per heavy atom. The minimum atomic E-state index is -0.535. The molecule has 0 bridgehead atoms. The number of anilines is 2. The first kappa shape index (κ1) is 20.4.